The summed E-state index contributed by atoms with van der Waals surface area (Å²) in [6, 6.07) is 13.8. The van der Waals surface area contributed by atoms with Gasteiger partial charge in [-0.1, -0.05) is 24.3 Å². The number of hydrogen-bond donors (Lipinski definition) is 1. The van der Waals surface area contributed by atoms with Crippen molar-refractivity contribution in [2.45, 2.75) is 31.6 Å². The molecule has 1 spiro atoms. The summed E-state index contributed by atoms with van der Waals surface area (Å²) in [5.74, 6) is 0. The third kappa shape index (κ3) is 2.53. The Morgan fingerprint density at radius 2 is 1.77 bits per heavy atom. The Morgan fingerprint density at radius 3 is 2.60 bits per heavy atom. The number of ether oxygens (including phenoxy) is 1. The molecule has 4 nitrogen and oxygen atoms in total. The third-order valence-electron chi connectivity index (χ3n) is 6.64. The number of rotatable bonds is 2. The highest BCUT2D eigenvalue weighted by Gasteiger charge is 2.40. The van der Waals surface area contributed by atoms with Crippen molar-refractivity contribution < 1.29 is 13.5 Å². The SMILES string of the molecule is FC(F)n1c2ccncc2c2ccc(-c3ccc4c(c3)COC43CCNCC3)cc21. The summed E-state index contributed by atoms with van der Waals surface area (Å²) in [5.41, 5.74) is 5.29. The number of nitrogens with zero attached hydrogens (tertiary/aromatic N) is 2. The van der Waals surface area contributed by atoms with Crippen LogP contribution < -0.4 is 5.32 Å². The van der Waals surface area contributed by atoms with Gasteiger partial charge in [0.1, 0.15) is 0 Å². The van der Waals surface area contributed by atoms with Crippen LogP contribution in [0.4, 0.5) is 8.78 Å². The monoisotopic (exact) mass is 405 g/mol. The Bertz CT molecular complexity index is 1270. The normalized spacial score (nSPS) is 18.0. The van der Waals surface area contributed by atoms with Gasteiger partial charge in [0.25, 0.3) is 0 Å². The fourth-order valence-electron chi connectivity index (χ4n) is 5.16. The van der Waals surface area contributed by atoms with Crippen LogP contribution in [0.15, 0.2) is 54.9 Å². The molecule has 2 aromatic carbocycles. The van der Waals surface area contributed by atoms with E-state index in [1.54, 1.807) is 18.5 Å². The van der Waals surface area contributed by atoms with Gasteiger partial charge in [-0.3, -0.25) is 9.55 Å². The van der Waals surface area contributed by atoms with Crippen LogP contribution in [0, 0.1) is 0 Å². The summed E-state index contributed by atoms with van der Waals surface area (Å²) in [5, 5.41) is 4.94. The van der Waals surface area contributed by atoms with Crippen molar-refractivity contribution in [2.75, 3.05) is 13.1 Å². The number of pyridine rings is 1. The average molecular weight is 405 g/mol. The first-order valence-electron chi connectivity index (χ1n) is 10.3. The van der Waals surface area contributed by atoms with E-state index in [9.17, 15) is 8.78 Å². The molecule has 6 rings (SSSR count). The molecule has 2 aliphatic heterocycles. The molecule has 2 aromatic heterocycles. The van der Waals surface area contributed by atoms with Crippen LogP contribution in [0.3, 0.4) is 0 Å². The molecule has 2 aliphatic rings. The van der Waals surface area contributed by atoms with E-state index in [0.29, 0.717) is 17.6 Å². The van der Waals surface area contributed by atoms with Crippen molar-refractivity contribution in [3.05, 3.63) is 66.0 Å². The largest absolute Gasteiger partial charge is 0.365 e. The second-order valence-electron chi connectivity index (χ2n) is 8.18. The van der Waals surface area contributed by atoms with Crippen LogP contribution in [0.5, 0.6) is 0 Å². The number of fused-ring (bicyclic) bond motifs is 5. The zero-order valence-corrected chi connectivity index (χ0v) is 16.4. The first-order chi connectivity index (χ1) is 14.7. The molecule has 0 saturated carbocycles. The fraction of sp³-hybridized carbons (Fsp3) is 0.292. The highest BCUT2D eigenvalue weighted by Crippen LogP contribution is 2.44. The molecule has 152 valence electrons. The summed E-state index contributed by atoms with van der Waals surface area (Å²) < 4.78 is 35.1. The summed E-state index contributed by atoms with van der Waals surface area (Å²) in [6.07, 6.45) is 5.17. The molecule has 0 radical (unpaired) electrons. The van der Waals surface area contributed by atoms with Crippen LogP contribution in [-0.2, 0) is 16.9 Å². The van der Waals surface area contributed by atoms with E-state index < -0.39 is 6.55 Å². The topological polar surface area (TPSA) is 39.1 Å². The molecule has 0 aliphatic carbocycles. The van der Waals surface area contributed by atoms with E-state index in [0.717, 1.165) is 52.4 Å². The minimum atomic E-state index is -2.61. The lowest BCUT2D eigenvalue weighted by Gasteiger charge is -2.34. The van der Waals surface area contributed by atoms with Crippen molar-refractivity contribution in [1.82, 2.24) is 14.9 Å². The van der Waals surface area contributed by atoms with Gasteiger partial charge in [0.05, 0.1) is 23.2 Å². The molecule has 4 heterocycles. The molecule has 4 aromatic rings. The molecule has 0 amide bonds. The van der Waals surface area contributed by atoms with Gasteiger partial charge < -0.3 is 10.1 Å². The van der Waals surface area contributed by atoms with Crippen LogP contribution in [-0.4, -0.2) is 22.6 Å². The first kappa shape index (κ1) is 18.0. The Hall–Kier alpha value is -2.83. The fourth-order valence-corrected chi connectivity index (χ4v) is 5.16. The Balaban J connectivity index is 1.48. The van der Waals surface area contributed by atoms with Gasteiger partial charge in [-0.25, -0.2) is 0 Å². The van der Waals surface area contributed by atoms with E-state index >= 15 is 0 Å². The summed E-state index contributed by atoms with van der Waals surface area (Å²) in [4.78, 5) is 4.12. The molecule has 0 unspecified atom stereocenters. The minimum Gasteiger partial charge on any atom is -0.365 e. The van der Waals surface area contributed by atoms with Gasteiger partial charge in [0.15, 0.2) is 0 Å². The van der Waals surface area contributed by atoms with Crippen molar-refractivity contribution in [3.63, 3.8) is 0 Å². The van der Waals surface area contributed by atoms with Gasteiger partial charge in [-0.05, 0) is 66.4 Å². The predicted molar refractivity (Wildman–Crippen MR) is 112 cm³/mol. The third-order valence-corrected chi connectivity index (χ3v) is 6.64. The minimum absolute atomic E-state index is 0.168. The molecular weight excluding hydrogens is 384 g/mol. The number of hydrogen-bond acceptors (Lipinski definition) is 3. The summed E-state index contributed by atoms with van der Waals surface area (Å²) in [7, 11) is 0. The zero-order chi connectivity index (χ0) is 20.3. The molecule has 30 heavy (non-hydrogen) atoms. The van der Waals surface area contributed by atoms with Gasteiger partial charge >= 0.3 is 6.55 Å². The van der Waals surface area contributed by atoms with E-state index in [1.807, 2.05) is 18.2 Å². The lowest BCUT2D eigenvalue weighted by Crippen LogP contribution is -2.39. The van der Waals surface area contributed by atoms with Crippen LogP contribution in [0.2, 0.25) is 0 Å². The highest BCUT2D eigenvalue weighted by molar-refractivity contribution is 6.08. The van der Waals surface area contributed by atoms with Crippen molar-refractivity contribution >= 4 is 21.8 Å². The number of alkyl halides is 2. The molecular formula is C24H21F2N3O. The van der Waals surface area contributed by atoms with Crippen LogP contribution in [0.1, 0.15) is 30.5 Å². The number of aromatic nitrogens is 2. The van der Waals surface area contributed by atoms with Gasteiger partial charge in [0, 0.05) is 23.2 Å². The lowest BCUT2D eigenvalue weighted by atomic mass is 9.83. The Kier molecular flexibility index (Phi) is 3.95. The van der Waals surface area contributed by atoms with Gasteiger partial charge in [0.2, 0.25) is 0 Å². The summed E-state index contributed by atoms with van der Waals surface area (Å²) in [6.45, 7) is -0.0830. The maximum absolute atomic E-state index is 13.9. The van der Waals surface area contributed by atoms with E-state index in [4.69, 9.17) is 4.74 Å². The molecule has 0 atom stereocenters. The second-order valence-corrected chi connectivity index (χ2v) is 8.18. The first-order valence-corrected chi connectivity index (χ1v) is 10.3. The Labute approximate surface area is 172 Å². The lowest BCUT2D eigenvalue weighted by molar-refractivity contribution is -0.0590. The van der Waals surface area contributed by atoms with Crippen molar-refractivity contribution in [1.29, 1.82) is 0 Å². The van der Waals surface area contributed by atoms with Gasteiger partial charge in [-0.15, -0.1) is 0 Å². The maximum atomic E-state index is 13.9. The average Bonchev–Trinajstić information content (AvgIpc) is 3.29. The quantitative estimate of drug-likeness (QED) is 0.488. The number of benzene rings is 2. The van der Waals surface area contributed by atoms with Gasteiger partial charge in [-0.2, -0.15) is 8.78 Å². The molecule has 6 heteroatoms. The molecule has 1 N–H and O–H groups in total. The van der Waals surface area contributed by atoms with E-state index in [1.165, 1.54) is 11.1 Å². The maximum Gasteiger partial charge on any atom is 0.319 e. The van der Waals surface area contributed by atoms with Crippen LogP contribution >= 0.6 is 0 Å². The standard InChI is InChI=1S/C24H21F2N3O/c25-23(26)29-21-5-8-28-13-19(21)18-3-1-16(12-22(18)29)15-2-4-20-17(11-15)14-30-24(20)6-9-27-10-7-24/h1-5,8,11-13,23,27H,6-7,9-10,14H2. The number of halogens is 2. The van der Waals surface area contributed by atoms with E-state index in [-0.39, 0.29) is 5.60 Å². The molecule has 0 bridgehead atoms. The smallest absolute Gasteiger partial charge is 0.319 e. The molecule has 1 saturated heterocycles. The number of piperidine rings is 1. The van der Waals surface area contributed by atoms with Crippen molar-refractivity contribution in [2.24, 2.45) is 0 Å². The molecule has 1 fully saturated rings. The number of nitrogens with one attached hydrogen (secondary N) is 1. The summed E-state index contributed by atoms with van der Waals surface area (Å²) >= 11 is 0. The predicted octanol–water partition coefficient (Wildman–Crippen LogP) is 5.36. The van der Waals surface area contributed by atoms with Crippen LogP contribution in [0.25, 0.3) is 32.9 Å². The zero-order valence-electron chi connectivity index (χ0n) is 16.4. The highest BCUT2D eigenvalue weighted by atomic mass is 19.3. The Morgan fingerprint density at radius 1 is 0.967 bits per heavy atom. The van der Waals surface area contributed by atoms with Crippen molar-refractivity contribution in [3.8, 4) is 11.1 Å². The van der Waals surface area contributed by atoms with E-state index in [2.05, 4.69) is 28.5 Å². The second kappa shape index (κ2) is 6.59.